The van der Waals surface area contributed by atoms with Crippen molar-refractivity contribution >= 4 is 28.3 Å². The van der Waals surface area contributed by atoms with Crippen molar-refractivity contribution in [1.29, 1.82) is 0 Å². The van der Waals surface area contributed by atoms with Gasteiger partial charge in [-0.3, -0.25) is 19.8 Å². The molecular weight excluding hydrogens is 482 g/mol. The Morgan fingerprint density at radius 1 is 1.11 bits per heavy atom. The number of fused-ring (bicyclic) bond motifs is 1. The zero-order chi connectivity index (χ0) is 26.0. The minimum absolute atomic E-state index is 0.0852. The highest BCUT2D eigenvalue weighted by molar-refractivity contribution is 7.13. The zero-order valence-corrected chi connectivity index (χ0v) is 22.6. The summed E-state index contributed by atoms with van der Waals surface area (Å²) in [5.41, 5.74) is 3.67. The minimum Gasteiger partial charge on any atom is -0.318 e. The lowest BCUT2D eigenvalue weighted by Gasteiger charge is -2.36. The standard InChI is InChI=1S/C29H35N5O2S/c1-29(2,3)32-23-12-15-33(16-13-23)18-21-10-7-11-22-19-34(27(36)24(21)22)25(20-8-5-4-6-9-20)26(35)31-28-30-14-17-37-28/h4-11,14,17,23,25,32H,12-13,15-16,18-19H2,1-3H3,(H,30,31,35). The van der Waals surface area contributed by atoms with Crippen LogP contribution in [0.3, 0.4) is 0 Å². The first-order chi connectivity index (χ1) is 17.8. The van der Waals surface area contributed by atoms with E-state index in [2.05, 4.69) is 47.4 Å². The summed E-state index contributed by atoms with van der Waals surface area (Å²) in [5, 5.41) is 8.97. The normalized spacial score (nSPS) is 17.6. The Hall–Kier alpha value is -3.07. The summed E-state index contributed by atoms with van der Waals surface area (Å²) < 4.78 is 0. The molecular formula is C29H35N5O2S. The van der Waals surface area contributed by atoms with Crippen LogP contribution in [-0.2, 0) is 17.9 Å². The van der Waals surface area contributed by atoms with E-state index in [0.29, 0.717) is 17.7 Å². The number of rotatable bonds is 7. The van der Waals surface area contributed by atoms with Gasteiger partial charge in [-0.25, -0.2) is 4.98 Å². The summed E-state index contributed by atoms with van der Waals surface area (Å²) in [6.07, 6.45) is 3.85. The van der Waals surface area contributed by atoms with E-state index in [9.17, 15) is 9.59 Å². The summed E-state index contributed by atoms with van der Waals surface area (Å²) in [5.74, 6) is -0.338. The van der Waals surface area contributed by atoms with Crippen LogP contribution in [0.15, 0.2) is 60.1 Å². The number of piperidine rings is 1. The second-order valence-corrected chi connectivity index (χ2v) is 11.9. The first-order valence-electron chi connectivity index (χ1n) is 13.0. The van der Waals surface area contributed by atoms with Gasteiger partial charge >= 0.3 is 0 Å². The number of benzene rings is 2. The molecule has 0 saturated carbocycles. The van der Waals surface area contributed by atoms with Crippen molar-refractivity contribution in [3.8, 4) is 0 Å². The van der Waals surface area contributed by atoms with Gasteiger partial charge in [0.05, 0.1) is 0 Å². The fraction of sp³-hybridized carbons (Fsp3) is 0.414. The number of aromatic nitrogens is 1. The van der Waals surface area contributed by atoms with E-state index in [4.69, 9.17) is 0 Å². The molecule has 194 valence electrons. The predicted molar refractivity (Wildman–Crippen MR) is 147 cm³/mol. The molecule has 2 amide bonds. The Balaban J connectivity index is 1.34. The first-order valence-corrected chi connectivity index (χ1v) is 13.8. The molecule has 0 radical (unpaired) electrons. The van der Waals surface area contributed by atoms with Crippen LogP contribution in [0.5, 0.6) is 0 Å². The highest BCUT2D eigenvalue weighted by Crippen LogP contribution is 2.35. The molecule has 2 aliphatic heterocycles. The van der Waals surface area contributed by atoms with Crippen molar-refractivity contribution in [2.75, 3.05) is 18.4 Å². The molecule has 1 unspecified atom stereocenters. The molecule has 2 N–H and O–H groups in total. The smallest absolute Gasteiger partial charge is 0.255 e. The van der Waals surface area contributed by atoms with Crippen molar-refractivity contribution in [3.63, 3.8) is 0 Å². The van der Waals surface area contributed by atoms with Crippen LogP contribution in [0, 0.1) is 0 Å². The molecule has 1 aromatic heterocycles. The van der Waals surface area contributed by atoms with Crippen LogP contribution >= 0.6 is 11.3 Å². The van der Waals surface area contributed by atoms with Crippen LogP contribution in [-0.4, -0.2) is 51.3 Å². The molecule has 0 bridgehead atoms. The topological polar surface area (TPSA) is 77.6 Å². The molecule has 5 rings (SSSR count). The average molecular weight is 518 g/mol. The van der Waals surface area contributed by atoms with Gasteiger partial charge < -0.3 is 10.2 Å². The van der Waals surface area contributed by atoms with Gasteiger partial charge in [0.1, 0.15) is 6.04 Å². The predicted octanol–water partition coefficient (Wildman–Crippen LogP) is 4.83. The lowest BCUT2D eigenvalue weighted by Crippen LogP contribution is -2.49. The molecule has 1 atom stereocenters. The molecule has 0 spiro atoms. The van der Waals surface area contributed by atoms with E-state index in [-0.39, 0.29) is 17.4 Å². The maximum absolute atomic E-state index is 13.9. The molecule has 8 heteroatoms. The highest BCUT2D eigenvalue weighted by Gasteiger charge is 2.39. The van der Waals surface area contributed by atoms with E-state index in [1.165, 1.54) is 11.3 Å². The largest absolute Gasteiger partial charge is 0.318 e. The Kier molecular flexibility index (Phi) is 7.42. The van der Waals surface area contributed by atoms with Crippen molar-refractivity contribution in [3.05, 3.63) is 82.4 Å². The number of nitrogens with one attached hydrogen (secondary N) is 2. The summed E-state index contributed by atoms with van der Waals surface area (Å²) in [4.78, 5) is 35.7. The molecule has 1 saturated heterocycles. The van der Waals surface area contributed by atoms with Gasteiger partial charge in [-0.2, -0.15) is 0 Å². The molecule has 7 nitrogen and oxygen atoms in total. The van der Waals surface area contributed by atoms with Crippen LogP contribution in [0.1, 0.15) is 66.7 Å². The van der Waals surface area contributed by atoms with Gasteiger partial charge in [0, 0.05) is 41.8 Å². The number of anilines is 1. The van der Waals surface area contributed by atoms with Gasteiger partial charge in [0.2, 0.25) is 0 Å². The number of hydrogen-bond donors (Lipinski definition) is 2. The number of likely N-dealkylation sites (tertiary alicyclic amines) is 1. The Morgan fingerprint density at radius 3 is 2.54 bits per heavy atom. The molecule has 0 aliphatic carbocycles. The fourth-order valence-electron chi connectivity index (χ4n) is 5.45. The van der Waals surface area contributed by atoms with E-state index in [0.717, 1.165) is 54.7 Å². The lowest BCUT2D eigenvalue weighted by molar-refractivity contribution is -0.120. The van der Waals surface area contributed by atoms with Gasteiger partial charge in [0.15, 0.2) is 5.13 Å². The third-order valence-electron chi connectivity index (χ3n) is 7.01. The molecule has 3 aromatic rings. The zero-order valence-electron chi connectivity index (χ0n) is 21.7. The van der Waals surface area contributed by atoms with Crippen LogP contribution in [0.2, 0.25) is 0 Å². The summed E-state index contributed by atoms with van der Waals surface area (Å²) in [6, 6.07) is 15.4. The summed E-state index contributed by atoms with van der Waals surface area (Å²) in [6.45, 7) is 9.78. The maximum atomic E-state index is 13.9. The second kappa shape index (κ2) is 10.7. The number of amides is 2. The second-order valence-electron chi connectivity index (χ2n) is 11.0. The number of carbonyl (C=O) groups is 2. The average Bonchev–Trinajstić information content (AvgIpc) is 3.49. The molecule has 37 heavy (non-hydrogen) atoms. The van der Waals surface area contributed by atoms with Gasteiger partial charge in [-0.05, 0) is 63.4 Å². The molecule has 2 aromatic carbocycles. The first kappa shape index (κ1) is 25.6. The van der Waals surface area contributed by atoms with Crippen molar-refractivity contribution in [1.82, 2.24) is 20.1 Å². The SMILES string of the molecule is CC(C)(C)NC1CCN(Cc2cccc3c2C(=O)N(C(C(=O)Nc2nccs2)c2ccccc2)C3)CC1. The van der Waals surface area contributed by atoms with E-state index < -0.39 is 6.04 Å². The van der Waals surface area contributed by atoms with E-state index in [1.807, 2.05) is 47.8 Å². The Morgan fingerprint density at radius 2 is 1.86 bits per heavy atom. The highest BCUT2D eigenvalue weighted by atomic mass is 32.1. The third-order valence-corrected chi connectivity index (χ3v) is 7.70. The van der Waals surface area contributed by atoms with Crippen LogP contribution in [0.25, 0.3) is 0 Å². The number of hydrogen-bond acceptors (Lipinski definition) is 6. The Labute approximate surface area is 222 Å². The monoisotopic (exact) mass is 517 g/mol. The molecule has 3 heterocycles. The summed E-state index contributed by atoms with van der Waals surface area (Å²) >= 11 is 1.36. The minimum atomic E-state index is -0.739. The van der Waals surface area contributed by atoms with Crippen molar-refractivity contribution < 1.29 is 9.59 Å². The van der Waals surface area contributed by atoms with Gasteiger partial charge in [-0.15, -0.1) is 11.3 Å². The summed E-state index contributed by atoms with van der Waals surface area (Å²) in [7, 11) is 0. The van der Waals surface area contributed by atoms with Crippen molar-refractivity contribution in [2.45, 2.75) is 64.3 Å². The maximum Gasteiger partial charge on any atom is 0.255 e. The van der Waals surface area contributed by atoms with Crippen LogP contribution < -0.4 is 10.6 Å². The van der Waals surface area contributed by atoms with E-state index >= 15 is 0 Å². The van der Waals surface area contributed by atoms with Crippen LogP contribution in [0.4, 0.5) is 5.13 Å². The van der Waals surface area contributed by atoms with Gasteiger partial charge in [0.25, 0.3) is 11.8 Å². The van der Waals surface area contributed by atoms with Crippen molar-refractivity contribution in [2.24, 2.45) is 0 Å². The quantitative estimate of drug-likeness (QED) is 0.469. The third kappa shape index (κ3) is 5.92. The van der Waals surface area contributed by atoms with E-state index in [1.54, 1.807) is 11.1 Å². The number of thiazole rings is 1. The van der Waals surface area contributed by atoms with Gasteiger partial charge in [-0.1, -0.05) is 48.5 Å². The molecule has 1 fully saturated rings. The fourth-order valence-corrected chi connectivity index (χ4v) is 5.99. The number of nitrogens with zero attached hydrogens (tertiary/aromatic N) is 3. The number of carbonyl (C=O) groups excluding carboxylic acids is 2. The lowest BCUT2D eigenvalue weighted by atomic mass is 9.98. The Bertz CT molecular complexity index is 1230. The molecule has 2 aliphatic rings.